The fraction of sp³-hybridized carbons (Fsp3) is 0.363. The Hall–Kier alpha value is -3.36. The third kappa shape index (κ3) is 35.0. The van der Waals surface area contributed by atoms with Crippen LogP contribution in [-0.2, 0) is 61.3 Å². The van der Waals surface area contributed by atoms with Crippen LogP contribution in [0.4, 0.5) is 0 Å². The van der Waals surface area contributed by atoms with E-state index < -0.39 is 14.6 Å². The van der Waals surface area contributed by atoms with Crippen molar-refractivity contribution in [3.05, 3.63) is 296 Å². The molecule has 7 heterocycles. The second-order valence-corrected chi connectivity index (χ2v) is 59.3. The largest absolute Gasteiger partial charge is 2.00 e. The number of halogens is 10. The van der Waals surface area contributed by atoms with Crippen LogP contribution in [0.2, 0.25) is 0 Å². The number of benzene rings is 8. The Labute approximate surface area is 930 Å². The molecule has 14 aromatic rings. The molecule has 724 valence electrons. The van der Waals surface area contributed by atoms with Gasteiger partial charge < -0.3 is 23.7 Å². The first kappa shape index (κ1) is 120. The van der Waals surface area contributed by atoms with Crippen LogP contribution in [-0.4, -0.2) is 95.3 Å². The van der Waals surface area contributed by atoms with Crippen LogP contribution in [0, 0.1) is 0 Å². The van der Waals surface area contributed by atoms with Crippen molar-refractivity contribution in [1.29, 1.82) is 0 Å². The van der Waals surface area contributed by atoms with Crippen LogP contribution >= 0.6 is 188 Å². The molecule has 0 atom stereocenters. The summed E-state index contributed by atoms with van der Waals surface area (Å²) in [4.78, 5) is 12.0. The maximum atomic E-state index is 5.56. The fourth-order valence-electron chi connectivity index (χ4n) is 15.7. The molecule has 1 fully saturated rings. The molecule has 15 rings (SSSR count). The van der Waals surface area contributed by atoms with Gasteiger partial charge in [0.2, 0.25) is 0 Å². The molecular weight excluding hydrogens is 2090 g/mol. The van der Waals surface area contributed by atoms with Gasteiger partial charge in [-0.25, -0.2) is 0 Å². The average molecular weight is 2220 g/mol. The maximum Gasteiger partial charge on any atom is 2.00 e. The van der Waals surface area contributed by atoms with E-state index in [2.05, 4.69) is 429 Å². The van der Waals surface area contributed by atoms with Crippen molar-refractivity contribution in [2.24, 2.45) is 0 Å². The molecule has 0 spiro atoms. The summed E-state index contributed by atoms with van der Waals surface area (Å²) in [6, 6.07) is 88.7. The number of hydrogen-bond donors (Lipinski definition) is 0. The zero-order valence-electron chi connectivity index (χ0n) is 87.8. The minimum absolute atomic E-state index is 0. The smallest absolute Gasteiger partial charge is 1.00 e. The Balaban J connectivity index is 0.000000512. The minimum Gasteiger partial charge on any atom is -1.00 e. The predicted octanol–water partition coefficient (Wildman–Crippen LogP) is 41.1. The number of hydrogen-bond acceptors (Lipinski definition) is 10. The van der Waals surface area contributed by atoms with Crippen LogP contribution in [0.1, 0.15) is 229 Å². The van der Waals surface area contributed by atoms with Gasteiger partial charge in [-0.3, -0.25) is 0 Å². The minimum atomic E-state index is -2.70. The van der Waals surface area contributed by atoms with Gasteiger partial charge in [-0.1, -0.05) is 397 Å². The second-order valence-electron chi connectivity index (χ2n) is 41.3. The molecule has 0 N–H and O–H groups in total. The van der Waals surface area contributed by atoms with E-state index >= 15 is 0 Å². The normalized spacial score (nSPS) is 12.7. The Bertz CT molecular complexity index is 5810. The van der Waals surface area contributed by atoms with Gasteiger partial charge in [0.1, 0.15) is 0 Å². The molecule has 6 aromatic heterocycles. The SMILES string of the molecule is Brc1ccc(-c2ccc(-c3cccs3)s2)s1.C1CCOC1.CC(C)(C)c1cc(-c2cc(C(C)(C)C)c(-c3ccc(-c4ccc(-c5ccc(-c6cccs6)s5)s4)cc3)c(C(C)(C)C)c2)cc(C(C)(C)C)c1-c1ccccc1.CC(C)(C)c1cc(-c2cc(C(C)(C)C)c(-c3ccccc3)c(C(C)(C)C)c2)cc(C(C)(C)C)c1-c1ccccc1.CO[Si](Cl)(OC)OC.ClC(Cl)(Cl)Cl.ClC(Cl)(Cl)Cl.[H-].[H-].[H-].[H-].[Mg+2].[Mg+2]. The van der Waals surface area contributed by atoms with Crippen LogP contribution in [0.25, 0.3) is 116 Å². The summed E-state index contributed by atoms with van der Waals surface area (Å²) in [6.45, 7) is 58.6. The van der Waals surface area contributed by atoms with Gasteiger partial charge in [0, 0.05) is 78.4 Å². The van der Waals surface area contributed by atoms with Gasteiger partial charge >= 0.3 is 54.2 Å². The summed E-state index contributed by atoms with van der Waals surface area (Å²) in [6.07, 6.45) is 2.56. The first-order chi connectivity index (χ1) is 62.2. The number of rotatable bonds is 14. The Morgan fingerprint density at radius 3 is 0.662 bits per heavy atom. The zero-order valence-corrected chi connectivity index (χ0v) is 101. The number of ether oxygens (including phenoxy) is 1. The van der Waals surface area contributed by atoms with Gasteiger partial charge in [-0.2, -0.15) is 0 Å². The molecule has 23 heteroatoms. The van der Waals surface area contributed by atoms with E-state index in [9.17, 15) is 0 Å². The van der Waals surface area contributed by atoms with Crippen molar-refractivity contribution in [3.8, 4) is 116 Å². The summed E-state index contributed by atoms with van der Waals surface area (Å²) in [5.74, 6) is 0. The van der Waals surface area contributed by atoms with Gasteiger partial charge in [-0.15, -0.1) is 68.0 Å². The molecule has 0 bridgehead atoms. The van der Waals surface area contributed by atoms with E-state index in [1.54, 1.807) is 34.0 Å². The van der Waals surface area contributed by atoms with E-state index in [1.807, 2.05) is 34.0 Å². The quantitative estimate of drug-likeness (QED) is 0.0618. The molecule has 0 unspecified atom stereocenters. The molecule has 0 amide bonds. The molecule has 4 nitrogen and oxygen atoms in total. The first-order valence-electron chi connectivity index (χ1n) is 44.8. The van der Waals surface area contributed by atoms with Gasteiger partial charge in [0.25, 0.3) is 6.50 Å². The van der Waals surface area contributed by atoms with Gasteiger partial charge in [0.15, 0.2) is 0 Å². The third-order valence-corrected chi connectivity index (χ3v) is 32.6. The van der Waals surface area contributed by atoms with E-state index in [0.29, 0.717) is 0 Å². The molecule has 136 heavy (non-hydrogen) atoms. The summed E-state index contributed by atoms with van der Waals surface area (Å²) in [5.41, 5.74) is 28.1. The van der Waals surface area contributed by atoms with Gasteiger partial charge in [0.05, 0.1) is 3.79 Å². The third-order valence-electron chi connectivity index (χ3n) is 22.3. The molecule has 1 saturated heterocycles. The predicted molar refractivity (Wildman–Crippen MR) is 625 cm³/mol. The summed E-state index contributed by atoms with van der Waals surface area (Å²) < 4.78 is 17.0. The van der Waals surface area contributed by atoms with Gasteiger partial charge in [-0.05, 0) is 309 Å². The summed E-state index contributed by atoms with van der Waals surface area (Å²) >= 11 is 58.7. The Morgan fingerprint density at radius 2 is 0.471 bits per heavy atom. The van der Waals surface area contributed by atoms with Crippen LogP contribution < -0.4 is 0 Å². The molecule has 1 aliphatic rings. The number of alkyl halides is 8. The zero-order chi connectivity index (χ0) is 99.3. The van der Waals surface area contributed by atoms with Crippen molar-refractivity contribution in [1.82, 2.24) is 0 Å². The summed E-state index contributed by atoms with van der Waals surface area (Å²) in [7, 11) is 1.65. The van der Waals surface area contributed by atoms with E-state index in [1.165, 1.54) is 199 Å². The number of thiophene rings is 6. The van der Waals surface area contributed by atoms with Crippen LogP contribution in [0.5, 0.6) is 0 Å². The Kier molecular flexibility index (Phi) is 44.5. The van der Waals surface area contributed by atoms with E-state index in [0.717, 1.165) is 13.2 Å². The molecule has 8 aromatic carbocycles. The molecule has 0 saturated carbocycles. The topological polar surface area (TPSA) is 36.9 Å². The Morgan fingerprint density at radius 1 is 0.265 bits per heavy atom. The fourth-order valence-corrected chi connectivity index (χ4v) is 22.5. The van der Waals surface area contributed by atoms with Crippen molar-refractivity contribution in [3.63, 3.8) is 0 Å². The molecule has 0 aliphatic carbocycles. The first-order valence-corrected chi connectivity index (χ1v) is 56.4. The van der Waals surface area contributed by atoms with Crippen LogP contribution in [0.3, 0.4) is 0 Å². The second kappa shape index (κ2) is 50.6. The standard InChI is InChI=1S/C52H56S3.C40H50.C12H7BrS3.C4H8O.C3H9ClO3Si.2CCl4.2Mg.4H/c1-49(2,3)38-29-36(30-39(50(4,5)6)47(38)34-17-14-13-15-18-34)37-31-40(51(7,8)9)48(41(32-37)52(10,11)12)35-22-20-33(21-23-35)42-24-25-45(54-42)46-27-26-44(55-46)43-19-16-28-53-43;1-37(2,3)31-23-29(24-32(38(4,5)6)35(31)27-19-15-13-16-20-27)30-25-33(39(7,8)9)36(28-21-17-14-18-22-28)34(26-30)40(10,11)12;13-12-6-5-11(16-12)10-4-3-9(15-10)8-2-1-7-14-8;1-2-4-5-3-1;1-5-8(4,6-2)7-3;2*2-1(3,4)5;;;;;;/h13-32H,1-12H3;13-26H,1-12H3;1-7H;1-4H2;1-3H3;;;;;;;;/q;;;;;;;2*+2;4*-1. The monoisotopic (exact) mass is 2220 g/mol. The maximum absolute atomic E-state index is 5.56. The average Bonchev–Trinajstić information content (AvgIpc) is 1.07. The van der Waals surface area contributed by atoms with Crippen molar-refractivity contribution < 1.29 is 23.7 Å². The van der Waals surface area contributed by atoms with E-state index in [4.69, 9.17) is 122 Å². The van der Waals surface area contributed by atoms with Crippen molar-refractivity contribution >= 4 is 242 Å². The van der Waals surface area contributed by atoms with E-state index in [-0.39, 0.29) is 95.1 Å². The molecule has 1 aliphatic heterocycles. The molecular formula is C113H134BrCl9Mg2O4S6Si. The van der Waals surface area contributed by atoms with Crippen molar-refractivity contribution in [2.45, 2.75) is 229 Å². The summed E-state index contributed by atoms with van der Waals surface area (Å²) in [5, 5.41) is 4.27. The molecule has 0 radical (unpaired) electrons. The van der Waals surface area contributed by atoms with Crippen LogP contribution in [0.15, 0.2) is 251 Å². The van der Waals surface area contributed by atoms with Crippen molar-refractivity contribution in [2.75, 3.05) is 34.5 Å².